The van der Waals surface area contributed by atoms with Crippen molar-refractivity contribution in [3.05, 3.63) is 66.5 Å². The molecule has 0 amide bonds. The maximum atomic E-state index is 4.77. The van der Waals surface area contributed by atoms with Gasteiger partial charge in [0.25, 0.3) is 0 Å². The predicted octanol–water partition coefficient (Wildman–Crippen LogP) is 3.19. The molecule has 0 aromatic carbocycles. The zero-order valence-electron chi connectivity index (χ0n) is 16.9. The van der Waals surface area contributed by atoms with Crippen molar-refractivity contribution in [3.8, 4) is 11.3 Å². The summed E-state index contributed by atoms with van der Waals surface area (Å²) in [6.07, 6.45) is 8.60. The van der Waals surface area contributed by atoms with Crippen LogP contribution < -0.4 is 4.90 Å². The van der Waals surface area contributed by atoms with E-state index in [-0.39, 0.29) is 0 Å². The van der Waals surface area contributed by atoms with Crippen molar-refractivity contribution in [2.75, 3.05) is 18.0 Å². The summed E-state index contributed by atoms with van der Waals surface area (Å²) in [6.45, 7) is 5.10. The van der Waals surface area contributed by atoms with Crippen molar-refractivity contribution in [3.63, 3.8) is 0 Å². The van der Waals surface area contributed by atoms with E-state index in [2.05, 4.69) is 60.9 Å². The average Bonchev–Trinajstić information content (AvgIpc) is 3.27. The lowest BCUT2D eigenvalue weighted by Gasteiger charge is -2.56. The number of fused-ring (bicyclic) bond motifs is 3. The molecule has 3 saturated heterocycles. The summed E-state index contributed by atoms with van der Waals surface area (Å²) >= 11 is 0. The van der Waals surface area contributed by atoms with Gasteiger partial charge < -0.3 is 9.88 Å². The number of anilines is 1. The van der Waals surface area contributed by atoms with Gasteiger partial charge in [-0.25, -0.2) is 15.0 Å². The molecular formula is C23H23N7. The first-order valence-corrected chi connectivity index (χ1v) is 10.4. The largest absolute Gasteiger partial charge is 0.353 e. The topological polar surface area (TPSA) is 73.8 Å². The SMILES string of the molecule is Cc1ccnc(CN2C3CC2CN(c2ccc(-c4ncnc5[nH]ccc45)cn2)C3)c1. The number of hydrogen-bond donors (Lipinski definition) is 1. The summed E-state index contributed by atoms with van der Waals surface area (Å²) in [5.74, 6) is 1.04. The molecule has 7 nitrogen and oxygen atoms in total. The number of H-pyrrole nitrogens is 1. The van der Waals surface area contributed by atoms with Gasteiger partial charge in [0.2, 0.25) is 0 Å². The normalized spacial score (nSPS) is 21.0. The lowest BCUT2D eigenvalue weighted by Crippen LogP contribution is -2.68. The van der Waals surface area contributed by atoms with E-state index in [9.17, 15) is 0 Å². The zero-order chi connectivity index (χ0) is 20.1. The fraction of sp³-hybridized carbons (Fsp3) is 0.304. The molecule has 2 unspecified atom stereocenters. The first-order chi connectivity index (χ1) is 14.7. The fourth-order valence-corrected chi connectivity index (χ4v) is 4.82. The molecule has 0 saturated carbocycles. The molecule has 7 rings (SSSR count). The van der Waals surface area contributed by atoms with E-state index in [0.29, 0.717) is 12.1 Å². The molecular weight excluding hydrogens is 374 g/mol. The summed E-state index contributed by atoms with van der Waals surface area (Å²) in [5, 5.41) is 1.02. The number of pyridine rings is 2. The first kappa shape index (κ1) is 17.5. The molecule has 3 aliphatic heterocycles. The Morgan fingerprint density at radius 1 is 1.03 bits per heavy atom. The second-order valence-corrected chi connectivity index (χ2v) is 8.31. The van der Waals surface area contributed by atoms with Crippen molar-refractivity contribution >= 4 is 16.9 Å². The zero-order valence-corrected chi connectivity index (χ0v) is 16.9. The van der Waals surface area contributed by atoms with E-state index < -0.39 is 0 Å². The summed E-state index contributed by atoms with van der Waals surface area (Å²) in [6, 6.07) is 11.6. The molecule has 0 aliphatic carbocycles. The van der Waals surface area contributed by atoms with Gasteiger partial charge in [-0.3, -0.25) is 9.88 Å². The van der Waals surface area contributed by atoms with Crippen molar-refractivity contribution in [1.29, 1.82) is 0 Å². The Morgan fingerprint density at radius 2 is 1.93 bits per heavy atom. The number of hydrogen-bond acceptors (Lipinski definition) is 6. The van der Waals surface area contributed by atoms with Gasteiger partial charge in [0.15, 0.2) is 0 Å². The molecule has 2 bridgehead atoms. The van der Waals surface area contributed by atoms with Crippen LogP contribution in [0.25, 0.3) is 22.3 Å². The van der Waals surface area contributed by atoms with Crippen LogP contribution in [0.1, 0.15) is 17.7 Å². The standard InChI is InChI=1S/C23H23N7/c1-15-4-6-24-17(8-15)11-30-18-9-19(30)13-29(12-18)21-3-2-16(10-26-21)22-20-5-7-25-23(20)28-14-27-22/h2-8,10,14,18-19H,9,11-13H2,1H3,(H,25,27,28). The third-order valence-corrected chi connectivity index (χ3v) is 6.36. The molecule has 2 atom stereocenters. The van der Waals surface area contributed by atoms with E-state index in [0.717, 1.165) is 47.7 Å². The van der Waals surface area contributed by atoms with Crippen LogP contribution in [0.4, 0.5) is 5.82 Å². The number of aromatic amines is 1. The maximum absolute atomic E-state index is 4.77. The van der Waals surface area contributed by atoms with Crippen LogP contribution in [0, 0.1) is 6.92 Å². The first-order valence-electron chi connectivity index (χ1n) is 10.4. The molecule has 7 heterocycles. The molecule has 4 aromatic heterocycles. The van der Waals surface area contributed by atoms with Gasteiger partial charge in [-0.2, -0.15) is 0 Å². The third kappa shape index (κ3) is 2.93. The number of nitrogens with zero attached hydrogens (tertiary/aromatic N) is 6. The van der Waals surface area contributed by atoms with Crippen molar-refractivity contribution in [1.82, 2.24) is 29.8 Å². The van der Waals surface area contributed by atoms with E-state index >= 15 is 0 Å². The molecule has 30 heavy (non-hydrogen) atoms. The molecule has 3 aliphatic rings. The number of aromatic nitrogens is 5. The second kappa shape index (κ2) is 6.88. The van der Waals surface area contributed by atoms with E-state index in [1.54, 1.807) is 6.33 Å². The van der Waals surface area contributed by atoms with Gasteiger partial charge in [0.1, 0.15) is 17.8 Å². The molecule has 150 valence electrons. The Labute approximate surface area is 174 Å². The number of aryl methyl sites for hydroxylation is 1. The maximum Gasteiger partial charge on any atom is 0.141 e. The smallest absolute Gasteiger partial charge is 0.141 e. The third-order valence-electron chi connectivity index (χ3n) is 6.36. The van der Waals surface area contributed by atoms with Gasteiger partial charge in [-0.05, 0) is 49.2 Å². The minimum Gasteiger partial charge on any atom is -0.353 e. The lowest BCUT2D eigenvalue weighted by molar-refractivity contribution is -0.00969. The highest BCUT2D eigenvalue weighted by Crippen LogP contribution is 2.35. The van der Waals surface area contributed by atoms with Gasteiger partial charge in [0.05, 0.1) is 11.4 Å². The van der Waals surface area contributed by atoms with Crippen LogP contribution >= 0.6 is 0 Å². The Morgan fingerprint density at radius 3 is 2.73 bits per heavy atom. The predicted molar refractivity (Wildman–Crippen MR) is 116 cm³/mol. The van der Waals surface area contributed by atoms with Gasteiger partial charge >= 0.3 is 0 Å². The highest BCUT2D eigenvalue weighted by molar-refractivity contribution is 5.90. The highest BCUT2D eigenvalue weighted by atomic mass is 15.4. The summed E-state index contributed by atoms with van der Waals surface area (Å²) in [5.41, 5.74) is 5.22. The fourth-order valence-electron chi connectivity index (χ4n) is 4.82. The Bertz CT molecular complexity index is 1190. The quantitative estimate of drug-likeness (QED) is 0.570. The minimum atomic E-state index is 0.578. The monoisotopic (exact) mass is 397 g/mol. The van der Waals surface area contributed by atoms with Crippen LogP contribution in [0.5, 0.6) is 0 Å². The number of rotatable bonds is 4. The van der Waals surface area contributed by atoms with Gasteiger partial charge in [-0.15, -0.1) is 0 Å². The van der Waals surface area contributed by atoms with Crippen molar-refractivity contribution < 1.29 is 0 Å². The number of piperidine rings is 1. The molecule has 7 heteroatoms. The van der Waals surface area contributed by atoms with Crippen LogP contribution in [-0.2, 0) is 6.54 Å². The summed E-state index contributed by atoms with van der Waals surface area (Å²) in [7, 11) is 0. The molecule has 0 radical (unpaired) electrons. The van der Waals surface area contributed by atoms with Gasteiger partial charge in [-0.1, -0.05) is 0 Å². The van der Waals surface area contributed by atoms with E-state index in [1.165, 1.54) is 17.7 Å². The van der Waals surface area contributed by atoms with E-state index in [1.807, 2.05) is 24.7 Å². The summed E-state index contributed by atoms with van der Waals surface area (Å²) < 4.78 is 0. The lowest BCUT2D eigenvalue weighted by atomic mass is 9.87. The molecule has 1 N–H and O–H groups in total. The number of nitrogens with one attached hydrogen (secondary N) is 1. The van der Waals surface area contributed by atoms with E-state index in [4.69, 9.17) is 4.98 Å². The second-order valence-electron chi connectivity index (χ2n) is 8.31. The highest BCUT2D eigenvalue weighted by Gasteiger charge is 2.44. The van der Waals surface area contributed by atoms with Crippen molar-refractivity contribution in [2.24, 2.45) is 0 Å². The minimum absolute atomic E-state index is 0.578. The average molecular weight is 397 g/mol. The van der Waals surface area contributed by atoms with Crippen LogP contribution in [0.15, 0.2) is 55.2 Å². The molecule has 4 aromatic rings. The number of piperazine rings is 1. The molecule has 3 fully saturated rings. The summed E-state index contributed by atoms with van der Waals surface area (Å²) in [4.78, 5) is 26.2. The van der Waals surface area contributed by atoms with Crippen LogP contribution in [0.3, 0.4) is 0 Å². The van der Waals surface area contributed by atoms with Crippen LogP contribution in [-0.4, -0.2) is 55.0 Å². The Hall–Kier alpha value is -3.32. The van der Waals surface area contributed by atoms with Crippen molar-refractivity contribution in [2.45, 2.75) is 32.0 Å². The Kier molecular flexibility index (Phi) is 4.02. The van der Waals surface area contributed by atoms with Gasteiger partial charge in [0, 0.05) is 61.3 Å². The van der Waals surface area contributed by atoms with Crippen LogP contribution in [0.2, 0.25) is 0 Å². The Balaban J connectivity index is 1.17. The molecule has 0 spiro atoms.